The van der Waals surface area contributed by atoms with E-state index in [1.165, 1.54) is 0 Å². The Balaban J connectivity index is 2.32. The molecule has 0 saturated carbocycles. The van der Waals surface area contributed by atoms with Crippen LogP contribution in [-0.4, -0.2) is 49.8 Å². The van der Waals surface area contributed by atoms with E-state index in [0.29, 0.717) is 18.8 Å². The van der Waals surface area contributed by atoms with Crippen LogP contribution in [0, 0.1) is 0 Å². The molecule has 0 radical (unpaired) electrons. The minimum atomic E-state index is -3.48. The van der Waals surface area contributed by atoms with E-state index < -0.39 is 10.0 Å². The van der Waals surface area contributed by atoms with Gasteiger partial charge in [0, 0.05) is 30.9 Å². The van der Waals surface area contributed by atoms with Gasteiger partial charge < -0.3 is 5.73 Å². The number of piperazine rings is 1. The highest BCUT2D eigenvalue weighted by Crippen LogP contribution is 2.26. The number of nitrogen functional groups attached to an aromatic ring is 1. The van der Waals surface area contributed by atoms with Gasteiger partial charge in [-0.05, 0) is 45.0 Å². The summed E-state index contributed by atoms with van der Waals surface area (Å²) in [5.74, 6) is 0. The van der Waals surface area contributed by atoms with Crippen LogP contribution in [-0.2, 0) is 16.4 Å². The van der Waals surface area contributed by atoms with E-state index in [-0.39, 0.29) is 10.4 Å². The lowest BCUT2D eigenvalue weighted by molar-refractivity contribution is 0.0801. The Morgan fingerprint density at radius 2 is 1.95 bits per heavy atom. The molecule has 1 aromatic rings. The highest BCUT2D eigenvalue weighted by molar-refractivity contribution is 7.89. The van der Waals surface area contributed by atoms with E-state index in [4.69, 9.17) is 5.73 Å². The van der Waals surface area contributed by atoms with E-state index in [0.717, 1.165) is 18.5 Å². The second-order valence-electron chi connectivity index (χ2n) is 6.29. The number of aryl methyl sites for hydroxylation is 1. The largest absolute Gasteiger partial charge is 0.398 e. The molecule has 0 aliphatic carbocycles. The summed E-state index contributed by atoms with van der Waals surface area (Å²) in [5.41, 5.74) is 7.30. The number of hydrogen-bond donors (Lipinski definition) is 1. The fourth-order valence-corrected chi connectivity index (χ4v) is 4.23. The predicted molar refractivity (Wildman–Crippen MR) is 85.7 cm³/mol. The number of hydrogen-bond acceptors (Lipinski definition) is 4. The number of nitrogens with zero attached hydrogens (tertiary/aromatic N) is 2. The van der Waals surface area contributed by atoms with Crippen molar-refractivity contribution >= 4 is 15.7 Å². The molecule has 6 heteroatoms. The van der Waals surface area contributed by atoms with Crippen molar-refractivity contribution in [3.05, 3.63) is 23.8 Å². The van der Waals surface area contributed by atoms with Gasteiger partial charge >= 0.3 is 0 Å². The summed E-state index contributed by atoms with van der Waals surface area (Å²) in [6, 6.07) is 5.05. The van der Waals surface area contributed by atoms with Crippen LogP contribution in [0.2, 0.25) is 0 Å². The predicted octanol–water partition coefficient (Wildman–Crippen LogP) is 1.55. The molecule has 1 fully saturated rings. The molecule has 0 unspecified atom stereocenters. The van der Waals surface area contributed by atoms with Gasteiger partial charge in [-0.15, -0.1) is 0 Å². The third kappa shape index (κ3) is 3.07. The van der Waals surface area contributed by atoms with Crippen molar-refractivity contribution in [1.82, 2.24) is 9.21 Å². The van der Waals surface area contributed by atoms with Crippen molar-refractivity contribution in [3.63, 3.8) is 0 Å². The number of benzene rings is 1. The Kier molecular flexibility index (Phi) is 4.33. The van der Waals surface area contributed by atoms with E-state index in [1.807, 2.05) is 20.0 Å². The molecule has 0 aromatic heterocycles. The number of sulfonamides is 1. The molecule has 21 heavy (non-hydrogen) atoms. The molecule has 2 N–H and O–H groups in total. The van der Waals surface area contributed by atoms with Crippen molar-refractivity contribution in [3.8, 4) is 0 Å². The number of rotatable bonds is 3. The SMILES string of the molecule is CCc1ccc(S(=O)(=O)N2CCN(C)C(C)(C)C2)cc1N. The van der Waals surface area contributed by atoms with Crippen LogP contribution >= 0.6 is 0 Å². The molecular weight excluding hydrogens is 286 g/mol. The quantitative estimate of drug-likeness (QED) is 0.860. The van der Waals surface area contributed by atoms with E-state index in [9.17, 15) is 8.42 Å². The summed E-state index contributed by atoms with van der Waals surface area (Å²) in [6.45, 7) is 7.85. The minimum absolute atomic E-state index is 0.166. The molecule has 1 saturated heterocycles. The van der Waals surface area contributed by atoms with Crippen LogP contribution in [0.3, 0.4) is 0 Å². The molecule has 0 bridgehead atoms. The smallest absolute Gasteiger partial charge is 0.243 e. The molecule has 2 rings (SSSR count). The van der Waals surface area contributed by atoms with Crippen LogP contribution in [0.5, 0.6) is 0 Å². The molecule has 0 amide bonds. The second-order valence-corrected chi connectivity index (χ2v) is 8.22. The molecule has 1 heterocycles. The lowest BCUT2D eigenvalue weighted by Crippen LogP contribution is -2.58. The number of nitrogens with two attached hydrogens (primary N) is 1. The van der Waals surface area contributed by atoms with Crippen LogP contribution in [0.15, 0.2) is 23.1 Å². The molecule has 1 aliphatic heterocycles. The standard InChI is InChI=1S/C15H25N3O2S/c1-5-12-6-7-13(10-14(12)16)21(19,20)18-9-8-17(4)15(2,3)11-18/h6-7,10H,5,8-9,11,16H2,1-4H3. The minimum Gasteiger partial charge on any atom is -0.398 e. The first-order chi connectivity index (χ1) is 9.68. The van der Waals surface area contributed by atoms with Crippen molar-refractivity contribution < 1.29 is 8.42 Å². The van der Waals surface area contributed by atoms with Crippen LogP contribution < -0.4 is 5.73 Å². The maximum absolute atomic E-state index is 12.8. The van der Waals surface area contributed by atoms with Gasteiger partial charge in [0.1, 0.15) is 0 Å². The van der Waals surface area contributed by atoms with Crippen LogP contribution in [0.1, 0.15) is 26.3 Å². The average Bonchev–Trinajstić information content (AvgIpc) is 2.41. The maximum atomic E-state index is 12.8. The van der Waals surface area contributed by atoms with Gasteiger partial charge in [-0.1, -0.05) is 13.0 Å². The molecule has 5 nitrogen and oxygen atoms in total. The van der Waals surface area contributed by atoms with Gasteiger partial charge in [0.25, 0.3) is 0 Å². The lowest BCUT2D eigenvalue weighted by atomic mass is 10.0. The highest BCUT2D eigenvalue weighted by Gasteiger charge is 2.37. The van der Waals surface area contributed by atoms with Gasteiger partial charge in [0.15, 0.2) is 0 Å². The normalized spacial score (nSPS) is 20.6. The summed E-state index contributed by atoms with van der Waals surface area (Å²) < 4.78 is 27.1. The van der Waals surface area contributed by atoms with Crippen molar-refractivity contribution in [2.45, 2.75) is 37.6 Å². The summed E-state index contributed by atoms with van der Waals surface area (Å²) in [5, 5.41) is 0. The summed E-state index contributed by atoms with van der Waals surface area (Å²) in [7, 11) is -1.45. The average molecular weight is 311 g/mol. The molecule has 0 atom stereocenters. The van der Waals surface area contributed by atoms with Gasteiger partial charge in [0.2, 0.25) is 10.0 Å². The Hall–Kier alpha value is -1.11. The van der Waals surface area contributed by atoms with Gasteiger partial charge in [-0.2, -0.15) is 4.31 Å². The Bertz CT molecular complexity index is 626. The second kappa shape index (κ2) is 5.59. The lowest BCUT2D eigenvalue weighted by Gasteiger charge is -2.44. The number of likely N-dealkylation sites (N-methyl/N-ethyl adjacent to an activating group) is 1. The van der Waals surface area contributed by atoms with E-state index in [2.05, 4.69) is 18.7 Å². The summed E-state index contributed by atoms with van der Waals surface area (Å²) in [6.07, 6.45) is 0.799. The van der Waals surface area contributed by atoms with Gasteiger partial charge in [-0.25, -0.2) is 8.42 Å². The van der Waals surface area contributed by atoms with Crippen LogP contribution in [0.4, 0.5) is 5.69 Å². The van der Waals surface area contributed by atoms with E-state index >= 15 is 0 Å². The first-order valence-electron chi connectivity index (χ1n) is 7.28. The molecule has 118 valence electrons. The van der Waals surface area contributed by atoms with Crippen molar-refractivity contribution in [2.24, 2.45) is 0 Å². The Morgan fingerprint density at radius 3 is 2.48 bits per heavy atom. The first-order valence-corrected chi connectivity index (χ1v) is 8.72. The zero-order chi connectivity index (χ0) is 15.8. The summed E-state index contributed by atoms with van der Waals surface area (Å²) in [4.78, 5) is 2.48. The molecule has 1 aliphatic rings. The molecule has 0 spiro atoms. The van der Waals surface area contributed by atoms with Crippen LogP contribution in [0.25, 0.3) is 0 Å². The highest BCUT2D eigenvalue weighted by atomic mass is 32.2. The topological polar surface area (TPSA) is 66.6 Å². The number of anilines is 1. The fourth-order valence-electron chi connectivity index (χ4n) is 2.61. The molecular formula is C15H25N3O2S. The summed E-state index contributed by atoms with van der Waals surface area (Å²) >= 11 is 0. The Labute approximate surface area is 127 Å². The van der Waals surface area contributed by atoms with E-state index in [1.54, 1.807) is 16.4 Å². The van der Waals surface area contributed by atoms with Gasteiger partial charge in [0.05, 0.1) is 4.90 Å². The van der Waals surface area contributed by atoms with Gasteiger partial charge in [-0.3, -0.25) is 4.90 Å². The van der Waals surface area contributed by atoms with Crippen molar-refractivity contribution in [1.29, 1.82) is 0 Å². The first kappa shape index (κ1) is 16.3. The third-order valence-electron chi connectivity index (χ3n) is 4.42. The maximum Gasteiger partial charge on any atom is 0.243 e. The van der Waals surface area contributed by atoms with Crippen molar-refractivity contribution in [2.75, 3.05) is 32.4 Å². The third-order valence-corrected chi connectivity index (χ3v) is 6.26. The fraction of sp³-hybridized carbons (Fsp3) is 0.600. The monoisotopic (exact) mass is 311 g/mol. The zero-order valence-electron chi connectivity index (χ0n) is 13.3. The Morgan fingerprint density at radius 1 is 1.29 bits per heavy atom. The molecule has 1 aromatic carbocycles. The zero-order valence-corrected chi connectivity index (χ0v) is 14.1.